The van der Waals surface area contributed by atoms with Gasteiger partial charge in [0, 0.05) is 11.1 Å². The molecule has 2 aromatic carbocycles. The van der Waals surface area contributed by atoms with Gasteiger partial charge in [0.25, 0.3) is 0 Å². The number of esters is 2. The molecule has 0 atom stereocenters. The normalized spacial score (nSPS) is 9.56. The first-order valence-electron chi connectivity index (χ1n) is 8.28. The van der Waals surface area contributed by atoms with E-state index in [1.165, 1.54) is 7.11 Å². The fraction of sp³-hybridized carbons (Fsp3) is 0.190. The van der Waals surface area contributed by atoms with Crippen molar-refractivity contribution in [3.8, 4) is 11.8 Å². The molecule has 6 heteroatoms. The lowest BCUT2D eigenvalue weighted by molar-refractivity contribution is -0.145. The molecule has 0 radical (unpaired) electrons. The summed E-state index contributed by atoms with van der Waals surface area (Å²) in [7, 11) is 1.32. The molecule has 6 nitrogen and oxygen atoms in total. The molecule has 0 fully saturated rings. The molecule has 0 unspecified atom stereocenters. The third-order valence-electron chi connectivity index (χ3n) is 3.46. The summed E-state index contributed by atoms with van der Waals surface area (Å²) in [6, 6.07) is 13.7. The Morgan fingerprint density at radius 1 is 1.00 bits per heavy atom. The van der Waals surface area contributed by atoms with Crippen molar-refractivity contribution in [1.82, 2.24) is 0 Å². The van der Waals surface area contributed by atoms with E-state index < -0.39 is 17.8 Å². The lowest BCUT2D eigenvalue weighted by Crippen LogP contribution is -2.18. The molecule has 0 aliphatic carbocycles. The van der Waals surface area contributed by atoms with Crippen LogP contribution < -0.4 is 5.32 Å². The largest absolute Gasteiger partial charge is 0.466 e. The van der Waals surface area contributed by atoms with Crippen molar-refractivity contribution in [2.45, 2.75) is 13.3 Å². The van der Waals surface area contributed by atoms with E-state index in [-0.39, 0.29) is 13.0 Å². The summed E-state index contributed by atoms with van der Waals surface area (Å²) in [5.74, 6) is 4.49. The Morgan fingerprint density at radius 2 is 1.70 bits per heavy atom. The topological polar surface area (TPSA) is 81.7 Å². The Morgan fingerprint density at radius 3 is 2.37 bits per heavy atom. The summed E-state index contributed by atoms with van der Waals surface area (Å²) >= 11 is 0. The number of anilines is 1. The lowest BCUT2D eigenvalue weighted by Gasteiger charge is -2.07. The maximum Gasteiger partial charge on any atom is 0.337 e. The number of hydrogen-bond donors (Lipinski definition) is 1. The van der Waals surface area contributed by atoms with E-state index >= 15 is 0 Å². The van der Waals surface area contributed by atoms with Gasteiger partial charge in [-0.1, -0.05) is 24.0 Å². The first-order chi connectivity index (χ1) is 13.0. The molecule has 0 saturated heterocycles. The molecule has 0 spiro atoms. The summed E-state index contributed by atoms with van der Waals surface area (Å²) in [4.78, 5) is 34.8. The SMILES string of the molecule is CCOC(=O)CC(=O)Nc1ccccc1C#Cc1ccc(C(=O)OC)cc1. The zero-order valence-electron chi connectivity index (χ0n) is 15.1. The van der Waals surface area contributed by atoms with E-state index in [1.807, 2.05) is 0 Å². The predicted molar refractivity (Wildman–Crippen MR) is 100 cm³/mol. The highest BCUT2D eigenvalue weighted by Gasteiger charge is 2.11. The van der Waals surface area contributed by atoms with Crippen LogP contribution in [0.2, 0.25) is 0 Å². The Balaban J connectivity index is 2.12. The van der Waals surface area contributed by atoms with Gasteiger partial charge in [0.1, 0.15) is 6.42 Å². The minimum atomic E-state index is -0.579. The van der Waals surface area contributed by atoms with E-state index in [1.54, 1.807) is 55.5 Å². The lowest BCUT2D eigenvalue weighted by atomic mass is 10.1. The molecule has 138 valence electrons. The Bertz CT molecular complexity index is 891. The number of benzene rings is 2. The molecule has 1 N–H and O–H groups in total. The highest BCUT2D eigenvalue weighted by Crippen LogP contribution is 2.14. The molecular formula is C21H19NO5. The van der Waals surface area contributed by atoms with E-state index in [9.17, 15) is 14.4 Å². The molecule has 27 heavy (non-hydrogen) atoms. The number of methoxy groups -OCH3 is 1. The van der Waals surface area contributed by atoms with Crippen molar-refractivity contribution in [2.75, 3.05) is 19.0 Å². The molecule has 0 aromatic heterocycles. The standard InChI is InChI=1S/C21H19NO5/c1-3-27-20(24)14-19(23)22-18-7-5-4-6-16(18)11-8-15-9-12-17(13-10-15)21(25)26-2/h4-7,9-10,12-13H,3,14H2,1-2H3,(H,22,23). The van der Waals surface area contributed by atoms with Crippen molar-refractivity contribution < 1.29 is 23.9 Å². The van der Waals surface area contributed by atoms with Gasteiger partial charge in [0.2, 0.25) is 5.91 Å². The molecule has 0 saturated carbocycles. The minimum Gasteiger partial charge on any atom is -0.466 e. The quantitative estimate of drug-likeness (QED) is 0.501. The summed E-state index contributed by atoms with van der Waals surface area (Å²) in [6.45, 7) is 1.90. The van der Waals surface area contributed by atoms with E-state index in [0.29, 0.717) is 22.4 Å². The maximum absolute atomic E-state index is 12.0. The fourth-order valence-electron chi connectivity index (χ4n) is 2.19. The van der Waals surface area contributed by atoms with Gasteiger partial charge in [-0.05, 0) is 43.3 Å². The van der Waals surface area contributed by atoms with Crippen molar-refractivity contribution >= 4 is 23.5 Å². The summed E-state index contributed by atoms with van der Waals surface area (Å²) in [5.41, 5.74) is 2.25. The summed E-state index contributed by atoms with van der Waals surface area (Å²) in [5, 5.41) is 2.66. The van der Waals surface area contributed by atoms with Crippen molar-refractivity contribution in [3.05, 3.63) is 65.2 Å². The Hall–Kier alpha value is -3.59. The number of hydrogen-bond acceptors (Lipinski definition) is 5. The Labute approximate surface area is 157 Å². The molecule has 0 bridgehead atoms. The highest BCUT2D eigenvalue weighted by molar-refractivity contribution is 6.02. The fourth-order valence-corrected chi connectivity index (χ4v) is 2.19. The number of ether oxygens (including phenoxy) is 2. The molecular weight excluding hydrogens is 346 g/mol. The first kappa shape index (κ1) is 19.7. The van der Waals surface area contributed by atoms with Gasteiger partial charge < -0.3 is 14.8 Å². The number of nitrogens with one attached hydrogen (secondary N) is 1. The Kier molecular flexibility index (Phi) is 7.15. The average Bonchev–Trinajstić information content (AvgIpc) is 2.67. The molecule has 1 amide bonds. The molecule has 0 aliphatic heterocycles. The minimum absolute atomic E-state index is 0.225. The summed E-state index contributed by atoms with van der Waals surface area (Å²) < 4.78 is 9.41. The number of amides is 1. The van der Waals surface area contributed by atoms with E-state index in [4.69, 9.17) is 4.74 Å². The van der Waals surface area contributed by atoms with Gasteiger partial charge >= 0.3 is 11.9 Å². The van der Waals surface area contributed by atoms with Gasteiger partial charge in [-0.25, -0.2) is 4.79 Å². The van der Waals surface area contributed by atoms with Crippen molar-refractivity contribution in [2.24, 2.45) is 0 Å². The van der Waals surface area contributed by atoms with Gasteiger partial charge in [0.15, 0.2) is 0 Å². The number of carbonyl (C=O) groups is 3. The second-order valence-electron chi connectivity index (χ2n) is 5.39. The first-order valence-corrected chi connectivity index (χ1v) is 8.28. The van der Waals surface area contributed by atoms with Crippen molar-refractivity contribution in [1.29, 1.82) is 0 Å². The van der Waals surface area contributed by atoms with Crippen LogP contribution in [0.25, 0.3) is 0 Å². The van der Waals surface area contributed by atoms with Gasteiger partial charge in [-0.15, -0.1) is 0 Å². The second-order valence-corrected chi connectivity index (χ2v) is 5.39. The van der Waals surface area contributed by atoms with Crippen LogP contribution in [0.15, 0.2) is 48.5 Å². The van der Waals surface area contributed by atoms with Crippen LogP contribution in [0.4, 0.5) is 5.69 Å². The number of para-hydroxylation sites is 1. The van der Waals surface area contributed by atoms with E-state index in [0.717, 1.165) is 0 Å². The van der Waals surface area contributed by atoms with Gasteiger partial charge in [-0.2, -0.15) is 0 Å². The van der Waals surface area contributed by atoms with Crippen LogP contribution in [-0.4, -0.2) is 31.6 Å². The summed E-state index contributed by atoms with van der Waals surface area (Å²) in [6.07, 6.45) is -0.357. The molecule has 0 aliphatic rings. The zero-order chi connectivity index (χ0) is 19.6. The van der Waals surface area contributed by atoms with Crippen LogP contribution in [0, 0.1) is 11.8 Å². The van der Waals surface area contributed by atoms with Crippen LogP contribution in [0.5, 0.6) is 0 Å². The van der Waals surface area contributed by atoms with Gasteiger partial charge in [-0.3, -0.25) is 9.59 Å². The van der Waals surface area contributed by atoms with Crippen molar-refractivity contribution in [3.63, 3.8) is 0 Å². The highest BCUT2D eigenvalue weighted by atomic mass is 16.5. The number of carbonyl (C=O) groups excluding carboxylic acids is 3. The van der Waals surface area contributed by atoms with Crippen LogP contribution in [0.3, 0.4) is 0 Å². The van der Waals surface area contributed by atoms with E-state index in [2.05, 4.69) is 21.9 Å². The van der Waals surface area contributed by atoms with Crippen LogP contribution in [0.1, 0.15) is 34.8 Å². The predicted octanol–water partition coefficient (Wildman–Crippen LogP) is 2.76. The average molecular weight is 365 g/mol. The molecule has 2 rings (SSSR count). The second kappa shape index (κ2) is 9.78. The maximum atomic E-state index is 12.0. The smallest absolute Gasteiger partial charge is 0.337 e. The van der Waals surface area contributed by atoms with Crippen LogP contribution in [-0.2, 0) is 19.1 Å². The zero-order valence-corrected chi connectivity index (χ0v) is 15.1. The number of rotatable bonds is 5. The van der Waals surface area contributed by atoms with Crippen LogP contribution >= 0.6 is 0 Å². The van der Waals surface area contributed by atoms with Gasteiger partial charge in [0.05, 0.1) is 25.0 Å². The molecule has 2 aromatic rings. The molecule has 0 heterocycles. The third-order valence-corrected chi connectivity index (χ3v) is 3.46. The monoisotopic (exact) mass is 365 g/mol. The third kappa shape index (κ3) is 6.01.